The molecule has 0 amide bonds. The van der Waals surface area contributed by atoms with Crippen LogP contribution in [0.2, 0.25) is 5.02 Å². The van der Waals surface area contributed by atoms with E-state index >= 15 is 0 Å². The summed E-state index contributed by atoms with van der Waals surface area (Å²) in [6.07, 6.45) is 2.31. The van der Waals surface area contributed by atoms with Crippen LogP contribution in [0.3, 0.4) is 0 Å². The third-order valence-corrected chi connectivity index (χ3v) is 7.08. The lowest BCUT2D eigenvalue weighted by molar-refractivity contribution is 0.351. The Labute approximate surface area is 158 Å². The van der Waals surface area contributed by atoms with E-state index < -0.39 is 10.0 Å². The number of fused-ring (bicyclic) bond motifs is 2. The first-order chi connectivity index (χ1) is 12.5. The molecule has 0 atom stereocenters. The molecule has 2 aromatic carbocycles. The molecule has 138 valence electrons. The number of nitrogens with zero attached hydrogens (tertiary/aromatic N) is 1. The van der Waals surface area contributed by atoms with E-state index in [4.69, 9.17) is 21.1 Å². The molecule has 0 unspecified atom stereocenters. The van der Waals surface area contributed by atoms with E-state index in [1.54, 1.807) is 19.2 Å². The topological polar surface area (TPSA) is 55.8 Å². The van der Waals surface area contributed by atoms with E-state index in [-0.39, 0.29) is 4.90 Å². The van der Waals surface area contributed by atoms with Crippen molar-refractivity contribution in [1.82, 2.24) is 4.31 Å². The summed E-state index contributed by atoms with van der Waals surface area (Å²) in [5.74, 6) is 1.85. The molecular formula is C19H20ClNO4S. The largest absolute Gasteiger partial charge is 0.493 e. The number of benzene rings is 2. The van der Waals surface area contributed by atoms with E-state index in [9.17, 15) is 8.42 Å². The average Bonchev–Trinajstić information content (AvgIpc) is 3.27. The van der Waals surface area contributed by atoms with Crippen LogP contribution in [0.1, 0.15) is 16.7 Å². The normalized spacial score (nSPS) is 15.5. The highest BCUT2D eigenvalue weighted by molar-refractivity contribution is 7.89. The standard InChI is InChI=1S/C19H20ClNO4S/c1-21(26(22,23)15-4-2-14(20)3-5-15)9-6-17-16-8-11-24-18(16)12-13-7-10-25-19(13)17/h2-5,12H,6-11H2,1H3. The molecule has 26 heavy (non-hydrogen) atoms. The second-order valence-electron chi connectivity index (χ2n) is 6.55. The lowest BCUT2D eigenvalue weighted by Crippen LogP contribution is -2.29. The molecular weight excluding hydrogens is 374 g/mol. The Kier molecular flexibility index (Phi) is 4.59. The minimum atomic E-state index is -3.55. The molecule has 0 saturated carbocycles. The van der Waals surface area contributed by atoms with Crippen molar-refractivity contribution in [2.45, 2.75) is 24.2 Å². The lowest BCUT2D eigenvalue weighted by atomic mass is 9.97. The average molecular weight is 394 g/mol. The van der Waals surface area contributed by atoms with Gasteiger partial charge in [-0.05, 0) is 36.8 Å². The quantitative estimate of drug-likeness (QED) is 0.783. The van der Waals surface area contributed by atoms with Gasteiger partial charge in [0.1, 0.15) is 11.5 Å². The van der Waals surface area contributed by atoms with E-state index in [0.29, 0.717) is 31.2 Å². The van der Waals surface area contributed by atoms with Gasteiger partial charge in [0.25, 0.3) is 0 Å². The maximum atomic E-state index is 12.8. The van der Waals surface area contributed by atoms with Gasteiger partial charge in [-0.25, -0.2) is 12.7 Å². The molecule has 7 heteroatoms. The predicted molar refractivity (Wildman–Crippen MR) is 99.8 cm³/mol. The molecule has 0 aliphatic carbocycles. The van der Waals surface area contributed by atoms with Crippen molar-refractivity contribution < 1.29 is 17.9 Å². The van der Waals surface area contributed by atoms with E-state index in [2.05, 4.69) is 6.07 Å². The first-order valence-electron chi connectivity index (χ1n) is 8.62. The molecule has 0 spiro atoms. The van der Waals surface area contributed by atoms with E-state index in [1.807, 2.05) is 0 Å². The van der Waals surface area contributed by atoms with Gasteiger partial charge >= 0.3 is 0 Å². The molecule has 0 bridgehead atoms. The third-order valence-electron chi connectivity index (χ3n) is 4.96. The van der Waals surface area contributed by atoms with E-state index in [1.165, 1.54) is 16.4 Å². The molecule has 0 fully saturated rings. The van der Waals surface area contributed by atoms with Crippen molar-refractivity contribution in [2.75, 3.05) is 26.8 Å². The summed E-state index contributed by atoms with van der Waals surface area (Å²) in [6.45, 7) is 1.71. The maximum absolute atomic E-state index is 12.8. The Morgan fingerprint density at radius 1 is 1.12 bits per heavy atom. The molecule has 0 N–H and O–H groups in total. The molecule has 2 aromatic rings. The fourth-order valence-corrected chi connectivity index (χ4v) is 4.82. The molecule has 2 aliphatic heterocycles. The van der Waals surface area contributed by atoms with Crippen molar-refractivity contribution >= 4 is 21.6 Å². The Bertz CT molecular complexity index is 909. The SMILES string of the molecule is CN(CCc1c2c(cc3c1OCC3)OCC2)S(=O)(=O)c1ccc(Cl)cc1. The summed E-state index contributed by atoms with van der Waals surface area (Å²) in [4.78, 5) is 0.243. The van der Waals surface area contributed by atoms with Crippen molar-refractivity contribution in [1.29, 1.82) is 0 Å². The van der Waals surface area contributed by atoms with Gasteiger partial charge in [-0.15, -0.1) is 0 Å². The highest BCUT2D eigenvalue weighted by atomic mass is 35.5. The van der Waals surface area contributed by atoms with Gasteiger partial charge in [0.05, 0.1) is 18.1 Å². The Morgan fingerprint density at radius 2 is 1.85 bits per heavy atom. The number of ether oxygens (including phenoxy) is 2. The van der Waals surface area contributed by atoms with Crippen LogP contribution >= 0.6 is 11.6 Å². The van der Waals surface area contributed by atoms with Gasteiger partial charge in [0.15, 0.2) is 0 Å². The van der Waals surface area contributed by atoms with Gasteiger partial charge in [0, 0.05) is 48.1 Å². The van der Waals surface area contributed by atoms with Crippen LogP contribution in [-0.2, 0) is 29.3 Å². The summed E-state index contributed by atoms with van der Waals surface area (Å²) in [7, 11) is -1.95. The second-order valence-corrected chi connectivity index (χ2v) is 9.03. The fourth-order valence-electron chi connectivity index (χ4n) is 3.53. The molecule has 0 aromatic heterocycles. The molecule has 5 nitrogen and oxygen atoms in total. The van der Waals surface area contributed by atoms with Crippen molar-refractivity contribution in [2.24, 2.45) is 0 Å². The summed E-state index contributed by atoms with van der Waals surface area (Å²) >= 11 is 5.86. The smallest absolute Gasteiger partial charge is 0.242 e. The van der Waals surface area contributed by atoms with Crippen LogP contribution in [0.5, 0.6) is 11.5 Å². The fraction of sp³-hybridized carbons (Fsp3) is 0.368. The predicted octanol–water partition coefficient (Wildman–Crippen LogP) is 3.07. The molecule has 2 aliphatic rings. The van der Waals surface area contributed by atoms with Crippen molar-refractivity contribution in [3.8, 4) is 11.5 Å². The van der Waals surface area contributed by atoms with Crippen LogP contribution in [0.25, 0.3) is 0 Å². The molecule has 2 heterocycles. The zero-order valence-electron chi connectivity index (χ0n) is 14.5. The monoisotopic (exact) mass is 393 g/mol. The van der Waals surface area contributed by atoms with Gasteiger partial charge < -0.3 is 9.47 Å². The Morgan fingerprint density at radius 3 is 2.62 bits per heavy atom. The molecule has 0 saturated heterocycles. The number of hydrogen-bond donors (Lipinski definition) is 0. The lowest BCUT2D eigenvalue weighted by Gasteiger charge is -2.19. The van der Waals surface area contributed by atoms with Gasteiger partial charge in [-0.2, -0.15) is 0 Å². The number of likely N-dealkylation sites (N-methyl/N-ethyl adjacent to an activating group) is 1. The van der Waals surface area contributed by atoms with Crippen LogP contribution in [0.4, 0.5) is 0 Å². The van der Waals surface area contributed by atoms with E-state index in [0.717, 1.165) is 41.0 Å². The molecule has 4 rings (SSSR count). The Hall–Kier alpha value is -1.76. The maximum Gasteiger partial charge on any atom is 0.242 e. The highest BCUT2D eigenvalue weighted by Gasteiger charge is 2.28. The van der Waals surface area contributed by atoms with Gasteiger partial charge in [0.2, 0.25) is 10.0 Å². The van der Waals surface area contributed by atoms with Crippen LogP contribution in [-0.4, -0.2) is 39.5 Å². The number of halogens is 1. The first-order valence-corrected chi connectivity index (χ1v) is 10.4. The number of rotatable bonds is 5. The van der Waals surface area contributed by atoms with Crippen LogP contribution in [0.15, 0.2) is 35.2 Å². The zero-order chi connectivity index (χ0) is 18.3. The first kappa shape index (κ1) is 17.6. The van der Waals surface area contributed by atoms with Crippen molar-refractivity contribution in [3.05, 3.63) is 52.0 Å². The summed E-state index contributed by atoms with van der Waals surface area (Å²) < 4.78 is 38.5. The van der Waals surface area contributed by atoms with Gasteiger partial charge in [-0.3, -0.25) is 0 Å². The minimum Gasteiger partial charge on any atom is -0.493 e. The summed E-state index contributed by atoms with van der Waals surface area (Å²) in [5.41, 5.74) is 3.40. The minimum absolute atomic E-state index is 0.243. The van der Waals surface area contributed by atoms with Crippen LogP contribution in [0, 0.1) is 0 Å². The van der Waals surface area contributed by atoms with Crippen LogP contribution < -0.4 is 9.47 Å². The number of sulfonamides is 1. The summed E-state index contributed by atoms with van der Waals surface area (Å²) in [6, 6.07) is 8.31. The third kappa shape index (κ3) is 3.06. The summed E-state index contributed by atoms with van der Waals surface area (Å²) in [5, 5.41) is 0.513. The Balaban J connectivity index is 1.57. The molecule has 0 radical (unpaired) electrons. The second kappa shape index (κ2) is 6.76. The zero-order valence-corrected chi connectivity index (χ0v) is 16.1. The number of hydrogen-bond acceptors (Lipinski definition) is 4. The highest BCUT2D eigenvalue weighted by Crippen LogP contribution is 2.40. The van der Waals surface area contributed by atoms with Gasteiger partial charge in [-0.1, -0.05) is 11.6 Å². The van der Waals surface area contributed by atoms with Crippen molar-refractivity contribution in [3.63, 3.8) is 0 Å².